The average Bonchev–Trinajstić information content (AvgIpc) is 3.24. The molecule has 7 heteroatoms. The highest BCUT2D eigenvalue weighted by molar-refractivity contribution is 5.82. The van der Waals surface area contributed by atoms with Gasteiger partial charge in [0.25, 0.3) is 5.56 Å². The molecule has 7 nitrogen and oxygen atoms in total. The first-order valence-corrected chi connectivity index (χ1v) is 8.04. The minimum Gasteiger partial charge on any atom is -0.458 e. The van der Waals surface area contributed by atoms with Crippen molar-refractivity contribution in [1.82, 2.24) is 24.3 Å². The maximum Gasteiger partial charge on any atom is 0.260 e. The van der Waals surface area contributed by atoms with Crippen molar-refractivity contribution in [2.75, 3.05) is 0 Å². The molecule has 0 aliphatic heterocycles. The van der Waals surface area contributed by atoms with E-state index in [1.165, 1.54) is 10.9 Å². The second-order valence-corrected chi connectivity index (χ2v) is 5.88. The van der Waals surface area contributed by atoms with E-state index >= 15 is 0 Å². The summed E-state index contributed by atoms with van der Waals surface area (Å²) in [6, 6.07) is 9.27. The molecule has 1 aromatic carbocycles. The second kappa shape index (κ2) is 5.70. The van der Waals surface area contributed by atoms with Crippen molar-refractivity contribution in [2.45, 2.75) is 20.4 Å². The summed E-state index contributed by atoms with van der Waals surface area (Å²) >= 11 is 0. The van der Waals surface area contributed by atoms with E-state index in [0.29, 0.717) is 29.0 Å². The first kappa shape index (κ1) is 15.3. The van der Waals surface area contributed by atoms with E-state index in [2.05, 4.69) is 15.1 Å². The van der Waals surface area contributed by atoms with E-state index in [9.17, 15) is 4.79 Å². The van der Waals surface area contributed by atoms with Gasteiger partial charge in [-0.2, -0.15) is 0 Å². The molecule has 0 aliphatic rings. The van der Waals surface area contributed by atoms with Crippen LogP contribution in [0.15, 0.2) is 45.9 Å². The number of benzene rings is 1. The van der Waals surface area contributed by atoms with Crippen molar-refractivity contribution in [2.24, 2.45) is 7.05 Å². The monoisotopic (exact) mass is 335 g/mol. The highest BCUT2D eigenvalue weighted by Gasteiger charge is 2.16. The summed E-state index contributed by atoms with van der Waals surface area (Å²) in [7, 11) is 1.69. The zero-order chi connectivity index (χ0) is 17.6. The maximum absolute atomic E-state index is 12.2. The quantitative estimate of drug-likeness (QED) is 0.575. The van der Waals surface area contributed by atoms with Gasteiger partial charge >= 0.3 is 0 Å². The number of rotatable bonds is 3. The van der Waals surface area contributed by atoms with Crippen molar-refractivity contribution in [3.8, 4) is 23.0 Å². The Labute approximate surface area is 143 Å². The lowest BCUT2D eigenvalue weighted by Crippen LogP contribution is -2.16. The summed E-state index contributed by atoms with van der Waals surface area (Å²) in [4.78, 5) is 21.1. The van der Waals surface area contributed by atoms with Gasteiger partial charge in [0, 0.05) is 19.2 Å². The van der Waals surface area contributed by atoms with Crippen LogP contribution >= 0.6 is 0 Å². The second-order valence-electron chi connectivity index (χ2n) is 5.88. The number of hydrogen-bond donors (Lipinski definition) is 0. The summed E-state index contributed by atoms with van der Waals surface area (Å²) in [5, 5.41) is 5.11. The number of fused-ring (bicyclic) bond motifs is 1. The fourth-order valence-corrected chi connectivity index (χ4v) is 2.78. The Kier molecular flexibility index (Phi) is 3.49. The van der Waals surface area contributed by atoms with Crippen LogP contribution in [-0.2, 0) is 13.6 Å². The standard InChI is InChI=1S/C18H17N5O2/c1-4-23-17(20-16(21-23)15-8-5-11(2)25-15)12-6-7-13-14(9-12)19-10-22(3)18(13)24/h5-10H,4H2,1-3H3. The molecule has 3 aromatic heterocycles. The summed E-state index contributed by atoms with van der Waals surface area (Å²) in [6.45, 7) is 4.56. The highest BCUT2D eigenvalue weighted by atomic mass is 16.3. The van der Waals surface area contributed by atoms with Crippen LogP contribution < -0.4 is 5.56 Å². The number of nitrogens with zero attached hydrogens (tertiary/aromatic N) is 5. The van der Waals surface area contributed by atoms with Crippen LogP contribution in [0, 0.1) is 6.92 Å². The molecule has 4 aromatic rings. The van der Waals surface area contributed by atoms with Gasteiger partial charge in [-0.15, -0.1) is 5.10 Å². The van der Waals surface area contributed by atoms with Crippen molar-refractivity contribution in [3.63, 3.8) is 0 Å². The fraction of sp³-hybridized carbons (Fsp3) is 0.222. The third-order valence-electron chi connectivity index (χ3n) is 4.11. The lowest BCUT2D eigenvalue weighted by Gasteiger charge is -2.05. The van der Waals surface area contributed by atoms with Crippen LogP contribution in [0.2, 0.25) is 0 Å². The smallest absolute Gasteiger partial charge is 0.260 e. The van der Waals surface area contributed by atoms with Gasteiger partial charge in [-0.3, -0.25) is 4.79 Å². The molecule has 25 heavy (non-hydrogen) atoms. The predicted molar refractivity (Wildman–Crippen MR) is 94.1 cm³/mol. The highest BCUT2D eigenvalue weighted by Crippen LogP contribution is 2.25. The van der Waals surface area contributed by atoms with Gasteiger partial charge in [0.15, 0.2) is 11.6 Å². The first-order valence-electron chi connectivity index (χ1n) is 8.04. The molecule has 0 bridgehead atoms. The van der Waals surface area contributed by atoms with Crippen LogP contribution in [0.4, 0.5) is 0 Å². The molecule has 4 rings (SSSR count). The molecule has 3 heterocycles. The molecule has 0 N–H and O–H groups in total. The molecular weight excluding hydrogens is 318 g/mol. The zero-order valence-electron chi connectivity index (χ0n) is 14.2. The Morgan fingerprint density at radius 1 is 1.20 bits per heavy atom. The van der Waals surface area contributed by atoms with Gasteiger partial charge in [-0.25, -0.2) is 14.6 Å². The van der Waals surface area contributed by atoms with Crippen LogP contribution in [0.25, 0.3) is 33.9 Å². The van der Waals surface area contributed by atoms with Crippen molar-refractivity contribution < 1.29 is 4.42 Å². The van der Waals surface area contributed by atoms with Gasteiger partial charge < -0.3 is 8.98 Å². The normalized spacial score (nSPS) is 11.3. The molecular formula is C18H17N5O2. The molecule has 0 aliphatic carbocycles. The van der Waals surface area contributed by atoms with E-state index in [4.69, 9.17) is 4.42 Å². The number of aromatic nitrogens is 5. The average molecular weight is 335 g/mol. The first-order chi connectivity index (χ1) is 12.1. The van der Waals surface area contributed by atoms with Gasteiger partial charge in [0.05, 0.1) is 17.2 Å². The molecule has 0 spiro atoms. The van der Waals surface area contributed by atoms with Gasteiger partial charge in [0.1, 0.15) is 5.76 Å². The number of aryl methyl sites for hydroxylation is 3. The molecule has 0 amide bonds. The third kappa shape index (κ3) is 2.53. The van der Waals surface area contributed by atoms with Crippen LogP contribution in [0.1, 0.15) is 12.7 Å². The van der Waals surface area contributed by atoms with E-state index in [-0.39, 0.29) is 5.56 Å². The van der Waals surface area contributed by atoms with E-state index in [1.807, 2.05) is 42.8 Å². The topological polar surface area (TPSA) is 78.7 Å². The van der Waals surface area contributed by atoms with Gasteiger partial charge in [-0.1, -0.05) is 6.07 Å². The summed E-state index contributed by atoms with van der Waals surface area (Å²) < 4.78 is 8.90. The minimum absolute atomic E-state index is 0.0692. The van der Waals surface area contributed by atoms with E-state index < -0.39 is 0 Å². The molecule has 126 valence electrons. The zero-order valence-corrected chi connectivity index (χ0v) is 14.2. The molecule has 0 atom stereocenters. The minimum atomic E-state index is -0.0692. The van der Waals surface area contributed by atoms with E-state index in [0.717, 1.165) is 17.1 Å². The van der Waals surface area contributed by atoms with E-state index in [1.54, 1.807) is 13.1 Å². The SMILES string of the molecule is CCn1nc(-c2ccc(C)o2)nc1-c1ccc2c(=O)n(C)cnc2c1. The summed E-state index contributed by atoms with van der Waals surface area (Å²) in [5.74, 6) is 2.71. The molecule has 0 radical (unpaired) electrons. The molecule has 0 fully saturated rings. The maximum atomic E-state index is 12.2. The van der Waals surface area contributed by atoms with Gasteiger partial charge in [0.2, 0.25) is 5.82 Å². The molecule has 0 saturated carbocycles. The Hall–Kier alpha value is -3.22. The fourth-order valence-electron chi connectivity index (χ4n) is 2.78. The van der Waals surface area contributed by atoms with Crippen LogP contribution in [0.5, 0.6) is 0 Å². The van der Waals surface area contributed by atoms with Crippen LogP contribution in [-0.4, -0.2) is 24.3 Å². The Morgan fingerprint density at radius 2 is 2.04 bits per heavy atom. The van der Waals surface area contributed by atoms with Gasteiger partial charge in [-0.05, 0) is 38.1 Å². The lowest BCUT2D eigenvalue weighted by atomic mass is 10.1. The summed E-state index contributed by atoms with van der Waals surface area (Å²) in [5.41, 5.74) is 1.43. The van der Waals surface area contributed by atoms with Crippen molar-refractivity contribution in [3.05, 3.63) is 52.8 Å². The van der Waals surface area contributed by atoms with Crippen molar-refractivity contribution >= 4 is 10.9 Å². The lowest BCUT2D eigenvalue weighted by molar-refractivity contribution is 0.542. The van der Waals surface area contributed by atoms with Crippen LogP contribution in [0.3, 0.4) is 0 Å². The summed E-state index contributed by atoms with van der Waals surface area (Å²) in [6.07, 6.45) is 1.52. The molecule has 0 saturated heterocycles. The largest absolute Gasteiger partial charge is 0.458 e. The Balaban J connectivity index is 1.86. The Morgan fingerprint density at radius 3 is 2.76 bits per heavy atom. The number of hydrogen-bond acceptors (Lipinski definition) is 5. The third-order valence-corrected chi connectivity index (χ3v) is 4.11. The number of furan rings is 1. The van der Waals surface area contributed by atoms with Crippen molar-refractivity contribution in [1.29, 1.82) is 0 Å². The predicted octanol–water partition coefficient (Wildman–Crippen LogP) is 2.78. The molecule has 0 unspecified atom stereocenters. The Bertz CT molecular complexity index is 1140.